The maximum absolute atomic E-state index is 12.8. The highest BCUT2D eigenvalue weighted by atomic mass is 19.1. The first-order chi connectivity index (χ1) is 12.1. The Balaban J connectivity index is 1.77. The zero-order valence-corrected chi connectivity index (χ0v) is 13.9. The number of likely N-dealkylation sites (N-methyl/N-ethyl adjacent to an activating group) is 1. The molecule has 25 heavy (non-hydrogen) atoms. The van der Waals surface area contributed by atoms with Crippen LogP contribution in [0.5, 0.6) is 5.75 Å². The molecular weight excluding hydrogens is 325 g/mol. The SMILES string of the molecule is CN(CCO)c1ccc(/C=N\NC(=O)COc2ccc(F)cc2)cc1. The van der Waals surface area contributed by atoms with Gasteiger partial charge in [-0.1, -0.05) is 12.1 Å². The van der Waals surface area contributed by atoms with Gasteiger partial charge in [0.25, 0.3) is 5.91 Å². The van der Waals surface area contributed by atoms with Gasteiger partial charge >= 0.3 is 0 Å². The fourth-order valence-electron chi connectivity index (χ4n) is 1.98. The third-order valence-corrected chi connectivity index (χ3v) is 3.36. The zero-order chi connectivity index (χ0) is 18.1. The van der Waals surface area contributed by atoms with E-state index >= 15 is 0 Å². The van der Waals surface area contributed by atoms with Crippen molar-refractivity contribution < 1.29 is 19.0 Å². The quantitative estimate of drug-likeness (QED) is 0.565. The minimum Gasteiger partial charge on any atom is -0.484 e. The van der Waals surface area contributed by atoms with E-state index in [0.29, 0.717) is 12.3 Å². The second-order valence-corrected chi connectivity index (χ2v) is 5.27. The summed E-state index contributed by atoms with van der Waals surface area (Å²) in [6.45, 7) is 0.428. The monoisotopic (exact) mass is 345 g/mol. The molecule has 132 valence electrons. The molecule has 0 atom stereocenters. The molecule has 0 aliphatic carbocycles. The van der Waals surface area contributed by atoms with Gasteiger partial charge in [-0.15, -0.1) is 0 Å². The van der Waals surface area contributed by atoms with Crippen LogP contribution in [-0.2, 0) is 4.79 Å². The largest absolute Gasteiger partial charge is 0.484 e. The Morgan fingerprint density at radius 2 is 1.92 bits per heavy atom. The van der Waals surface area contributed by atoms with Gasteiger partial charge in [-0.2, -0.15) is 5.10 Å². The number of carbonyl (C=O) groups excluding carboxylic acids is 1. The average Bonchev–Trinajstić information content (AvgIpc) is 2.62. The van der Waals surface area contributed by atoms with Crippen LogP contribution in [0.1, 0.15) is 5.56 Å². The number of nitrogens with one attached hydrogen (secondary N) is 1. The summed E-state index contributed by atoms with van der Waals surface area (Å²) in [5.41, 5.74) is 4.15. The number of hydrazone groups is 1. The van der Waals surface area contributed by atoms with Gasteiger partial charge in [0.2, 0.25) is 0 Å². The van der Waals surface area contributed by atoms with Crippen molar-refractivity contribution in [1.82, 2.24) is 5.43 Å². The molecule has 0 aliphatic heterocycles. The maximum atomic E-state index is 12.8. The van der Waals surface area contributed by atoms with Crippen molar-refractivity contribution in [2.24, 2.45) is 5.10 Å². The van der Waals surface area contributed by atoms with E-state index in [4.69, 9.17) is 9.84 Å². The molecule has 0 unspecified atom stereocenters. The van der Waals surface area contributed by atoms with Crippen LogP contribution in [0.15, 0.2) is 53.6 Å². The van der Waals surface area contributed by atoms with Gasteiger partial charge in [-0.25, -0.2) is 9.82 Å². The summed E-state index contributed by atoms with van der Waals surface area (Å²) in [7, 11) is 1.89. The first kappa shape index (κ1) is 18.4. The van der Waals surface area contributed by atoms with Gasteiger partial charge in [0.1, 0.15) is 11.6 Å². The molecule has 0 bridgehead atoms. The van der Waals surface area contributed by atoms with E-state index in [2.05, 4.69) is 10.5 Å². The van der Waals surface area contributed by atoms with Crippen LogP contribution in [0.25, 0.3) is 0 Å². The van der Waals surface area contributed by atoms with Crippen LogP contribution in [0.3, 0.4) is 0 Å². The van der Waals surface area contributed by atoms with Gasteiger partial charge in [-0.05, 0) is 42.0 Å². The van der Waals surface area contributed by atoms with Crippen molar-refractivity contribution >= 4 is 17.8 Å². The van der Waals surface area contributed by atoms with Crippen LogP contribution in [-0.4, -0.2) is 44.0 Å². The number of halogens is 1. The number of ether oxygens (including phenoxy) is 1. The zero-order valence-electron chi connectivity index (χ0n) is 13.9. The van der Waals surface area contributed by atoms with E-state index in [1.54, 1.807) is 0 Å². The van der Waals surface area contributed by atoms with E-state index in [9.17, 15) is 9.18 Å². The van der Waals surface area contributed by atoms with Gasteiger partial charge in [-0.3, -0.25) is 4.79 Å². The van der Waals surface area contributed by atoms with Crippen LogP contribution in [0, 0.1) is 5.82 Å². The number of benzene rings is 2. The lowest BCUT2D eigenvalue weighted by Gasteiger charge is -2.17. The minimum absolute atomic E-state index is 0.0890. The van der Waals surface area contributed by atoms with E-state index in [-0.39, 0.29) is 19.0 Å². The Bertz CT molecular complexity index is 703. The van der Waals surface area contributed by atoms with E-state index in [1.807, 2.05) is 36.2 Å². The topological polar surface area (TPSA) is 74.2 Å². The number of aliphatic hydroxyl groups excluding tert-OH is 1. The molecule has 2 rings (SSSR count). The third kappa shape index (κ3) is 6.23. The summed E-state index contributed by atoms with van der Waals surface area (Å²) >= 11 is 0. The molecule has 2 aromatic rings. The number of rotatable bonds is 8. The molecule has 2 aromatic carbocycles. The molecule has 0 aromatic heterocycles. The standard InChI is InChI=1S/C18H20FN3O3/c1-22(10-11-23)16-6-2-14(3-7-16)12-20-21-18(24)13-25-17-8-4-15(19)5-9-17/h2-9,12,23H,10-11,13H2,1H3,(H,21,24)/b20-12-. The highest BCUT2D eigenvalue weighted by Crippen LogP contribution is 2.12. The fraction of sp³-hybridized carbons (Fsp3) is 0.222. The van der Waals surface area contributed by atoms with Crippen molar-refractivity contribution in [3.8, 4) is 5.75 Å². The lowest BCUT2D eigenvalue weighted by atomic mass is 10.2. The molecule has 0 radical (unpaired) electrons. The van der Waals surface area contributed by atoms with Crippen molar-refractivity contribution in [3.05, 3.63) is 59.9 Å². The predicted molar refractivity (Wildman–Crippen MR) is 94.4 cm³/mol. The number of nitrogens with zero attached hydrogens (tertiary/aromatic N) is 2. The lowest BCUT2D eigenvalue weighted by Crippen LogP contribution is -2.24. The highest BCUT2D eigenvalue weighted by Gasteiger charge is 2.02. The van der Waals surface area contributed by atoms with Crippen LogP contribution < -0.4 is 15.1 Å². The Hall–Kier alpha value is -2.93. The van der Waals surface area contributed by atoms with Crippen molar-refractivity contribution in [1.29, 1.82) is 0 Å². The second-order valence-electron chi connectivity index (χ2n) is 5.27. The van der Waals surface area contributed by atoms with Crippen LogP contribution in [0.2, 0.25) is 0 Å². The summed E-state index contributed by atoms with van der Waals surface area (Å²) < 4.78 is 18.0. The summed E-state index contributed by atoms with van der Waals surface area (Å²) in [6, 6.07) is 12.9. The molecule has 0 heterocycles. The Kier molecular flexibility index (Phi) is 6.91. The van der Waals surface area contributed by atoms with Gasteiger partial charge in [0.05, 0.1) is 12.8 Å². The lowest BCUT2D eigenvalue weighted by molar-refractivity contribution is -0.123. The molecule has 0 fully saturated rings. The molecule has 0 saturated heterocycles. The van der Waals surface area contributed by atoms with Crippen LogP contribution in [0.4, 0.5) is 10.1 Å². The van der Waals surface area contributed by atoms with Crippen molar-refractivity contribution in [2.75, 3.05) is 31.7 Å². The molecule has 6 nitrogen and oxygen atoms in total. The molecule has 0 aliphatic rings. The Labute approximate surface area is 145 Å². The Morgan fingerprint density at radius 1 is 1.24 bits per heavy atom. The number of hydrogen-bond acceptors (Lipinski definition) is 5. The third-order valence-electron chi connectivity index (χ3n) is 3.36. The Morgan fingerprint density at radius 3 is 2.56 bits per heavy atom. The number of carbonyl (C=O) groups is 1. The molecule has 0 spiro atoms. The minimum atomic E-state index is -0.417. The summed E-state index contributed by atoms with van der Waals surface area (Å²) in [4.78, 5) is 13.6. The predicted octanol–water partition coefficient (Wildman–Crippen LogP) is 1.78. The van der Waals surface area contributed by atoms with Gasteiger partial charge in [0.15, 0.2) is 6.61 Å². The van der Waals surface area contributed by atoms with Crippen molar-refractivity contribution in [2.45, 2.75) is 0 Å². The molecule has 2 N–H and O–H groups in total. The van der Waals surface area contributed by atoms with Crippen LogP contribution >= 0.6 is 0 Å². The number of hydrogen-bond donors (Lipinski definition) is 2. The first-order valence-corrected chi connectivity index (χ1v) is 7.71. The van der Waals surface area contributed by atoms with Gasteiger partial charge < -0.3 is 14.7 Å². The fourth-order valence-corrected chi connectivity index (χ4v) is 1.98. The number of amides is 1. The molecule has 0 saturated carbocycles. The summed E-state index contributed by atoms with van der Waals surface area (Å²) in [6.07, 6.45) is 1.52. The van der Waals surface area contributed by atoms with Crippen molar-refractivity contribution in [3.63, 3.8) is 0 Å². The summed E-state index contributed by atoms with van der Waals surface area (Å²) in [5, 5.41) is 12.8. The normalized spacial score (nSPS) is 10.7. The average molecular weight is 345 g/mol. The summed E-state index contributed by atoms with van der Waals surface area (Å²) in [5.74, 6) is -0.377. The highest BCUT2D eigenvalue weighted by molar-refractivity contribution is 5.83. The number of anilines is 1. The molecule has 7 heteroatoms. The second kappa shape index (κ2) is 9.39. The van der Waals surface area contributed by atoms with E-state index in [0.717, 1.165) is 11.3 Å². The number of aliphatic hydroxyl groups is 1. The van der Waals surface area contributed by atoms with Gasteiger partial charge in [0, 0.05) is 19.3 Å². The molecule has 1 amide bonds. The molecular formula is C18H20FN3O3. The van der Waals surface area contributed by atoms with E-state index in [1.165, 1.54) is 30.5 Å². The first-order valence-electron chi connectivity index (χ1n) is 7.71. The van der Waals surface area contributed by atoms with E-state index < -0.39 is 5.91 Å². The smallest absolute Gasteiger partial charge is 0.277 e. The maximum Gasteiger partial charge on any atom is 0.277 e.